The van der Waals surface area contributed by atoms with Gasteiger partial charge in [-0.1, -0.05) is 11.3 Å². The lowest BCUT2D eigenvalue weighted by Crippen LogP contribution is -2.41. The topological polar surface area (TPSA) is 112 Å². The van der Waals surface area contributed by atoms with Crippen molar-refractivity contribution in [3.63, 3.8) is 0 Å². The highest BCUT2D eigenvalue weighted by atomic mass is 32.2. The summed E-state index contributed by atoms with van der Waals surface area (Å²) in [6.45, 7) is 2.01. The van der Waals surface area contributed by atoms with E-state index in [0.717, 1.165) is 15.3 Å². The zero-order valence-corrected chi connectivity index (χ0v) is 23.7. The number of benzene rings is 1. The Morgan fingerprint density at radius 1 is 1.33 bits per heavy atom. The van der Waals surface area contributed by atoms with Gasteiger partial charge in [0, 0.05) is 13.1 Å². The van der Waals surface area contributed by atoms with Crippen LogP contribution in [0, 0.1) is 0 Å². The first-order valence-corrected chi connectivity index (χ1v) is 14.7. The van der Waals surface area contributed by atoms with Gasteiger partial charge in [-0.25, -0.2) is 22.6 Å². The molecule has 1 aliphatic rings. The molecule has 3 aromatic rings. The molecular weight excluding hydrogens is 584 g/mol. The zero-order chi connectivity index (χ0) is 29.0. The quantitative estimate of drug-likeness (QED) is 0.377. The van der Waals surface area contributed by atoms with E-state index in [4.69, 9.17) is 14.6 Å². The van der Waals surface area contributed by atoms with E-state index in [0.29, 0.717) is 6.54 Å². The zero-order valence-electron chi connectivity index (χ0n) is 21.2. The van der Waals surface area contributed by atoms with E-state index < -0.39 is 27.8 Å². The van der Waals surface area contributed by atoms with Crippen LogP contribution in [0.15, 0.2) is 39.9 Å². The molecule has 39 heavy (non-hydrogen) atoms. The summed E-state index contributed by atoms with van der Waals surface area (Å²) in [4.78, 5) is 15.8. The van der Waals surface area contributed by atoms with E-state index in [-0.39, 0.29) is 37.2 Å². The minimum atomic E-state index is -5.08. The standard InChI is InChI=1S/C21H27FN4O3S3.C2HF3O2/c1-21(22)13-26(7-8-29-14-21)32(27,28)16-4-5-17-19(10-16)31-20(24-17)23-11-18(25(2)3)15-6-9-30-12-15;3-2(4,5)1(6)7/h4-6,9-10,12,18H,7-8,11,13-14H2,1-3H3,(H,23,24);(H,6,7). The third-order valence-electron chi connectivity index (χ3n) is 5.63. The van der Waals surface area contributed by atoms with E-state index in [1.165, 1.54) is 34.2 Å². The minimum absolute atomic E-state index is 0.110. The second kappa shape index (κ2) is 12.4. The summed E-state index contributed by atoms with van der Waals surface area (Å²) < 4.78 is 79.8. The van der Waals surface area contributed by atoms with Crippen LogP contribution in [0.5, 0.6) is 0 Å². The smallest absolute Gasteiger partial charge is 0.475 e. The van der Waals surface area contributed by atoms with Crippen LogP contribution in [0.2, 0.25) is 0 Å². The SMILES string of the molecule is CN(C)C(CNc1nc2ccc(S(=O)(=O)N3CCOCC(C)(F)C3)cc2s1)c1ccsc1.O=C(O)C(F)(F)F. The van der Waals surface area contributed by atoms with Crippen molar-refractivity contribution in [1.82, 2.24) is 14.2 Å². The molecule has 16 heteroatoms. The number of aromatic nitrogens is 1. The highest BCUT2D eigenvalue weighted by Gasteiger charge is 2.38. The average Bonchev–Trinajstić information content (AvgIpc) is 3.46. The van der Waals surface area contributed by atoms with Gasteiger partial charge in [0.15, 0.2) is 5.13 Å². The Hall–Kier alpha value is -2.37. The fourth-order valence-electron chi connectivity index (χ4n) is 3.69. The summed E-state index contributed by atoms with van der Waals surface area (Å²) >= 11 is 3.08. The first kappa shape index (κ1) is 31.2. The number of carbonyl (C=O) groups is 1. The number of alkyl halides is 4. The van der Waals surface area contributed by atoms with Crippen molar-refractivity contribution in [2.75, 3.05) is 52.3 Å². The Morgan fingerprint density at radius 3 is 2.62 bits per heavy atom. The molecule has 1 aromatic carbocycles. The Morgan fingerprint density at radius 2 is 2.03 bits per heavy atom. The maximum atomic E-state index is 14.5. The molecule has 9 nitrogen and oxygen atoms in total. The van der Waals surface area contributed by atoms with E-state index in [1.54, 1.807) is 23.5 Å². The number of rotatable bonds is 7. The van der Waals surface area contributed by atoms with Gasteiger partial charge >= 0.3 is 12.1 Å². The van der Waals surface area contributed by atoms with Gasteiger partial charge in [-0.05, 0) is 61.6 Å². The van der Waals surface area contributed by atoms with Gasteiger partial charge in [-0.3, -0.25) is 0 Å². The molecule has 1 aliphatic heterocycles. The average molecular weight is 613 g/mol. The number of carboxylic acids is 1. The number of hydrogen-bond donors (Lipinski definition) is 2. The third kappa shape index (κ3) is 8.31. The van der Waals surface area contributed by atoms with Gasteiger partial charge in [0.05, 0.1) is 40.9 Å². The molecule has 3 heterocycles. The van der Waals surface area contributed by atoms with Gasteiger partial charge in [-0.2, -0.15) is 28.8 Å². The summed E-state index contributed by atoms with van der Waals surface area (Å²) in [5, 5.41) is 15.4. The molecule has 4 rings (SSSR count). The van der Waals surface area contributed by atoms with Crippen molar-refractivity contribution in [1.29, 1.82) is 0 Å². The van der Waals surface area contributed by atoms with Crippen LogP contribution >= 0.6 is 22.7 Å². The number of nitrogens with one attached hydrogen (secondary N) is 1. The number of halogens is 4. The fraction of sp³-hybridized carbons (Fsp3) is 0.478. The first-order valence-electron chi connectivity index (χ1n) is 11.5. The number of aliphatic carboxylic acids is 1. The maximum absolute atomic E-state index is 14.5. The summed E-state index contributed by atoms with van der Waals surface area (Å²) in [5.74, 6) is -2.76. The lowest BCUT2D eigenvalue weighted by molar-refractivity contribution is -0.192. The number of likely N-dealkylation sites (N-methyl/N-ethyl adjacent to an activating group) is 1. The van der Waals surface area contributed by atoms with E-state index in [2.05, 4.69) is 32.0 Å². The van der Waals surface area contributed by atoms with Crippen molar-refractivity contribution in [2.45, 2.75) is 29.7 Å². The van der Waals surface area contributed by atoms with Crippen LogP contribution in [-0.2, 0) is 19.6 Å². The van der Waals surface area contributed by atoms with Crippen LogP contribution in [0.1, 0.15) is 18.5 Å². The molecule has 1 fully saturated rings. The number of sulfonamides is 1. The number of thiazole rings is 1. The molecule has 0 saturated carbocycles. The predicted octanol–water partition coefficient (Wildman–Crippen LogP) is 4.46. The van der Waals surface area contributed by atoms with Crippen LogP contribution in [0.3, 0.4) is 0 Å². The number of ether oxygens (including phenoxy) is 1. The third-order valence-corrected chi connectivity index (χ3v) is 9.15. The summed E-state index contributed by atoms with van der Waals surface area (Å²) in [6.07, 6.45) is -5.08. The van der Waals surface area contributed by atoms with Crippen LogP contribution in [0.4, 0.5) is 22.7 Å². The number of thiophene rings is 1. The van der Waals surface area contributed by atoms with Crippen molar-refractivity contribution in [3.05, 3.63) is 40.6 Å². The second-order valence-electron chi connectivity index (χ2n) is 9.17. The lowest BCUT2D eigenvalue weighted by Gasteiger charge is -2.24. The van der Waals surface area contributed by atoms with Gasteiger partial charge < -0.3 is 20.1 Å². The Bertz CT molecular complexity index is 1360. The molecule has 0 aliphatic carbocycles. The largest absolute Gasteiger partial charge is 0.490 e. The highest BCUT2D eigenvalue weighted by Crippen LogP contribution is 2.31. The van der Waals surface area contributed by atoms with E-state index in [9.17, 15) is 26.0 Å². The van der Waals surface area contributed by atoms with Gasteiger partial charge in [0.2, 0.25) is 10.0 Å². The van der Waals surface area contributed by atoms with Crippen molar-refractivity contribution in [2.24, 2.45) is 0 Å². The Labute approximate surface area is 231 Å². The van der Waals surface area contributed by atoms with E-state index in [1.807, 2.05) is 14.1 Å². The molecular formula is C23H28F4N4O5S3. The number of hydrogen-bond acceptors (Lipinski definition) is 9. The van der Waals surface area contributed by atoms with Crippen LogP contribution < -0.4 is 5.32 Å². The van der Waals surface area contributed by atoms with Gasteiger partial charge in [0.1, 0.15) is 5.67 Å². The normalized spacial score (nSPS) is 19.8. The summed E-state index contributed by atoms with van der Waals surface area (Å²) in [6, 6.07) is 7.18. The highest BCUT2D eigenvalue weighted by molar-refractivity contribution is 7.89. The number of fused-ring (bicyclic) bond motifs is 1. The summed E-state index contributed by atoms with van der Waals surface area (Å²) in [7, 11) is 0.236. The Kier molecular flexibility index (Phi) is 9.93. The fourth-order valence-corrected chi connectivity index (χ4v) is 6.94. The predicted molar refractivity (Wildman–Crippen MR) is 142 cm³/mol. The molecule has 1 saturated heterocycles. The van der Waals surface area contributed by atoms with E-state index >= 15 is 0 Å². The minimum Gasteiger partial charge on any atom is -0.475 e. The maximum Gasteiger partial charge on any atom is 0.490 e. The van der Waals surface area contributed by atoms with Crippen LogP contribution in [-0.4, -0.2) is 92.5 Å². The molecule has 0 radical (unpaired) electrons. The molecule has 2 N–H and O–H groups in total. The van der Waals surface area contributed by atoms with Gasteiger partial charge in [0.25, 0.3) is 0 Å². The Balaban J connectivity index is 0.000000532. The van der Waals surface area contributed by atoms with Crippen molar-refractivity contribution >= 4 is 54.0 Å². The molecule has 0 bridgehead atoms. The first-order chi connectivity index (χ1) is 18.1. The van der Waals surface area contributed by atoms with Gasteiger partial charge in [-0.15, -0.1) is 0 Å². The second-order valence-corrected chi connectivity index (χ2v) is 12.9. The molecule has 2 unspecified atom stereocenters. The summed E-state index contributed by atoms with van der Waals surface area (Å²) in [5.41, 5.74) is 0.243. The molecule has 0 spiro atoms. The number of anilines is 1. The molecule has 2 aromatic heterocycles. The number of nitrogens with zero attached hydrogens (tertiary/aromatic N) is 3. The van der Waals surface area contributed by atoms with Crippen LogP contribution in [0.25, 0.3) is 10.2 Å². The van der Waals surface area contributed by atoms with Crippen molar-refractivity contribution < 1.29 is 40.6 Å². The molecule has 0 amide bonds. The monoisotopic (exact) mass is 612 g/mol. The molecule has 2 atom stereocenters. The lowest BCUT2D eigenvalue weighted by atomic mass is 10.1. The number of carboxylic acid groups (broad SMARTS) is 1. The van der Waals surface area contributed by atoms with Crippen molar-refractivity contribution in [3.8, 4) is 0 Å². The molecule has 216 valence electrons.